The predicted molar refractivity (Wildman–Crippen MR) is 55.6 cm³/mol. The molecule has 0 atom stereocenters. The summed E-state index contributed by atoms with van der Waals surface area (Å²) in [6.07, 6.45) is -4.47. The highest BCUT2D eigenvalue weighted by Gasteiger charge is 2.34. The molecule has 0 unspecified atom stereocenters. The maximum absolute atomic E-state index is 12.5. The van der Waals surface area contributed by atoms with Crippen molar-refractivity contribution in [2.24, 2.45) is 0 Å². The van der Waals surface area contributed by atoms with E-state index in [4.69, 9.17) is 23.2 Å². The van der Waals surface area contributed by atoms with E-state index in [0.717, 1.165) is 6.07 Å². The third kappa shape index (κ3) is 2.79. The average molecular weight is 257 g/mol. The van der Waals surface area contributed by atoms with E-state index in [-0.39, 0.29) is 10.9 Å². The predicted octanol–water partition coefficient (Wildman–Crippen LogP) is 5.14. The Balaban J connectivity index is 3.38. The van der Waals surface area contributed by atoms with Crippen molar-refractivity contribution in [3.05, 3.63) is 33.3 Å². The van der Waals surface area contributed by atoms with Crippen molar-refractivity contribution in [1.29, 1.82) is 0 Å². The highest BCUT2D eigenvalue weighted by atomic mass is 35.5. The molecule has 0 radical (unpaired) electrons. The fourth-order valence-corrected chi connectivity index (χ4v) is 1.59. The van der Waals surface area contributed by atoms with Gasteiger partial charge in [-0.1, -0.05) is 37.0 Å². The van der Waals surface area contributed by atoms with Crippen molar-refractivity contribution in [1.82, 2.24) is 0 Å². The molecule has 1 rings (SSSR count). The third-order valence-corrected chi connectivity index (χ3v) is 2.82. The Kier molecular flexibility index (Phi) is 3.56. The van der Waals surface area contributed by atoms with Crippen LogP contribution in [0.3, 0.4) is 0 Å². The van der Waals surface area contributed by atoms with Crippen LogP contribution < -0.4 is 0 Å². The summed E-state index contributed by atoms with van der Waals surface area (Å²) in [6, 6.07) is 2.50. The van der Waals surface area contributed by atoms with Gasteiger partial charge in [0, 0.05) is 0 Å². The van der Waals surface area contributed by atoms with Crippen molar-refractivity contribution in [3.63, 3.8) is 0 Å². The molecule has 5 heteroatoms. The zero-order valence-corrected chi connectivity index (χ0v) is 9.63. The Morgan fingerprint density at radius 1 is 1.13 bits per heavy atom. The second kappa shape index (κ2) is 4.22. The maximum Gasteiger partial charge on any atom is 0.417 e. The third-order valence-electron chi connectivity index (χ3n) is 2.02. The van der Waals surface area contributed by atoms with Gasteiger partial charge in [-0.3, -0.25) is 0 Å². The van der Waals surface area contributed by atoms with E-state index in [1.54, 1.807) is 13.8 Å². The van der Waals surface area contributed by atoms with Crippen LogP contribution in [0.5, 0.6) is 0 Å². The number of alkyl halides is 3. The van der Waals surface area contributed by atoms with Gasteiger partial charge in [0.2, 0.25) is 0 Å². The number of halogens is 5. The monoisotopic (exact) mass is 256 g/mol. The first-order valence-electron chi connectivity index (χ1n) is 4.29. The van der Waals surface area contributed by atoms with E-state index in [9.17, 15) is 13.2 Å². The van der Waals surface area contributed by atoms with Crippen LogP contribution in [0.2, 0.25) is 10.0 Å². The first-order chi connectivity index (χ1) is 6.73. The SMILES string of the molecule is CC(C)c1cc(Cl)c(Cl)c(C(F)(F)F)c1. The van der Waals surface area contributed by atoms with Gasteiger partial charge in [0.1, 0.15) is 0 Å². The number of benzene rings is 1. The summed E-state index contributed by atoms with van der Waals surface area (Å²) in [6.45, 7) is 3.58. The summed E-state index contributed by atoms with van der Waals surface area (Å²) < 4.78 is 37.6. The largest absolute Gasteiger partial charge is 0.417 e. The van der Waals surface area contributed by atoms with Crippen LogP contribution in [0.15, 0.2) is 12.1 Å². The summed E-state index contributed by atoms with van der Waals surface area (Å²) in [5.41, 5.74) is -0.350. The van der Waals surface area contributed by atoms with E-state index >= 15 is 0 Å². The molecule has 0 bridgehead atoms. The second-order valence-electron chi connectivity index (χ2n) is 3.52. The quantitative estimate of drug-likeness (QED) is 0.653. The van der Waals surface area contributed by atoms with Gasteiger partial charge in [-0.05, 0) is 23.6 Å². The molecule has 84 valence electrons. The van der Waals surface area contributed by atoms with Crippen molar-refractivity contribution < 1.29 is 13.2 Å². The van der Waals surface area contributed by atoms with E-state index in [0.29, 0.717) is 5.56 Å². The Bertz CT molecular complexity index is 370. The zero-order valence-electron chi connectivity index (χ0n) is 8.12. The Morgan fingerprint density at radius 2 is 1.67 bits per heavy atom. The van der Waals surface area contributed by atoms with Gasteiger partial charge in [-0.15, -0.1) is 0 Å². The molecule has 1 aromatic rings. The van der Waals surface area contributed by atoms with Gasteiger partial charge >= 0.3 is 6.18 Å². The number of hydrogen-bond donors (Lipinski definition) is 0. The summed E-state index contributed by atoms with van der Waals surface area (Å²) >= 11 is 11.1. The lowest BCUT2D eigenvalue weighted by Gasteiger charge is -2.14. The van der Waals surface area contributed by atoms with Crippen molar-refractivity contribution in [3.8, 4) is 0 Å². The molecule has 0 heterocycles. The molecular weight excluding hydrogens is 248 g/mol. The minimum absolute atomic E-state index is 0.0270. The van der Waals surface area contributed by atoms with Crippen LogP contribution in [0, 0.1) is 0 Å². The molecule has 0 nitrogen and oxygen atoms in total. The van der Waals surface area contributed by atoms with E-state index in [2.05, 4.69) is 0 Å². The standard InChI is InChI=1S/C10H9Cl2F3/c1-5(2)6-3-7(10(13,14)15)9(12)8(11)4-6/h3-5H,1-2H3. The smallest absolute Gasteiger partial charge is 0.166 e. The molecule has 0 spiro atoms. The fraction of sp³-hybridized carbons (Fsp3) is 0.400. The van der Waals surface area contributed by atoms with Gasteiger partial charge in [-0.2, -0.15) is 13.2 Å². The van der Waals surface area contributed by atoms with Gasteiger partial charge in [0.05, 0.1) is 15.6 Å². The van der Waals surface area contributed by atoms with Crippen molar-refractivity contribution in [2.45, 2.75) is 25.9 Å². The average Bonchev–Trinajstić information content (AvgIpc) is 2.06. The summed E-state index contributed by atoms with van der Waals surface area (Å²) in [4.78, 5) is 0. The molecule has 0 amide bonds. The van der Waals surface area contributed by atoms with Crippen LogP contribution in [0.4, 0.5) is 13.2 Å². The Morgan fingerprint density at radius 3 is 2.07 bits per heavy atom. The molecular formula is C10H9Cl2F3. The minimum atomic E-state index is -4.47. The molecule has 0 saturated carbocycles. The van der Waals surface area contributed by atoms with Crippen LogP contribution in [-0.4, -0.2) is 0 Å². The molecule has 0 N–H and O–H groups in total. The highest BCUT2D eigenvalue weighted by Crippen LogP contribution is 2.40. The molecule has 1 aromatic carbocycles. The van der Waals surface area contributed by atoms with E-state index in [1.165, 1.54) is 6.07 Å². The normalized spacial score (nSPS) is 12.3. The van der Waals surface area contributed by atoms with Gasteiger partial charge in [-0.25, -0.2) is 0 Å². The highest BCUT2D eigenvalue weighted by molar-refractivity contribution is 6.42. The first-order valence-corrected chi connectivity index (χ1v) is 5.05. The lowest BCUT2D eigenvalue weighted by Crippen LogP contribution is -2.07. The van der Waals surface area contributed by atoms with E-state index < -0.39 is 16.8 Å². The van der Waals surface area contributed by atoms with Crippen LogP contribution in [0.1, 0.15) is 30.9 Å². The summed E-state index contributed by atoms with van der Waals surface area (Å²) in [7, 11) is 0. The Labute approximate surface area is 96.0 Å². The summed E-state index contributed by atoms with van der Waals surface area (Å²) in [5.74, 6) is -0.0270. The van der Waals surface area contributed by atoms with Crippen molar-refractivity contribution >= 4 is 23.2 Å². The van der Waals surface area contributed by atoms with Gasteiger partial charge < -0.3 is 0 Å². The fourth-order valence-electron chi connectivity index (χ4n) is 1.15. The molecule has 0 aliphatic rings. The molecule has 0 fully saturated rings. The van der Waals surface area contributed by atoms with Crippen LogP contribution in [0.25, 0.3) is 0 Å². The molecule has 0 aliphatic heterocycles. The lowest BCUT2D eigenvalue weighted by atomic mass is 10.0. The molecule has 0 saturated heterocycles. The lowest BCUT2D eigenvalue weighted by molar-refractivity contribution is -0.137. The molecule has 0 aromatic heterocycles. The molecule has 0 aliphatic carbocycles. The van der Waals surface area contributed by atoms with E-state index in [1.807, 2.05) is 0 Å². The number of hydrogen-bond acceptors (Lipinski definition) is 0. The first kappa shape index (κ1) is 12.7. The topological polar surface area (TPSA) is 0 Å². The van der Waals surface area contributed by atoms with Gasteiger partial charge in [0.25, 0.3) is 0 Å². The minimum Gasteiger partial charge on any atom is -0.166 e. The Hall–Kier alpha value is -0.410. The van der Waals surface area contributed by atoms with Crippen molar-refractivity contribution in [2.75, 3.05) is 0 Å². The number of rotatable bonds is 1. The van der Waals surface area contributed by atoms with Crippen LogP contribution >= 0.6 is 23.2 Å². The van der Waals surface area contributed by atoms with Crippen LogP contribution in [-0.2, 0) is 6.18 Å². The maximum atomic E-state index is 12.5. The second-order valence-corrected chi connectivity index (χ2v) is 4.30. The van der Waals surface area contributed by atoms with Gasteiger partial charge in [0.15, 0.2) is 0 Å². The summed E-state index contributed by atoms with van der Waals surface area (Å²) in [5, 5.41) is -0.497. The molecule has 15 heavy (non-hydrogen) atoms. The zero-order chi connectivity index (χ0) is 11.8.